The normalized spacial score (nSPS) is 11.9. The molecule has 1 unspecified atom stereocenters. The summed E-state index contributed by atoms with van der Waals surface area (Å²) in [4.78, 5) is 27.6. The Hall–Kier alpha value is -3.29. The number of amides is 1. The van der Waals surface area contributed by atoms with Crippen LogP contribution in [0.4, 0.5) is 4.79 Å². The summed E-state index contributed by atoms with van der Waals surface area (Å²) in [6, 6.07) is 10.7. The maximum Gasteiger partial charge on any atom is 0.407 e. The van der Waals surface area contributed by atoms with Gasteiger partial charge in [-0.2, -0.15) is 0 Å². The number of carbonyl (C=O) groups excluding carboxylic acids is 2. The van der Waals surface area contributed by atoms with E-state index in [4.69, 9.17) is 18.9 Å². The van der Waals surface area contributed by atoms with E-state index in [1.807, 2.05) is 12.1 Å². The predicted octanol–water partition coefficient (Wildman–Crippen LogP) is 3.15. The first kappa shape index (κ1) is 23.0. The summed E-state index contributed by atoms with van der Waals surface area (Å²) in [6.45, 7) is 6.03. The molecule has 0 aliphatic rings. The second-order valence-electron chi connectivity index (χ2n) is 7.44. The number of esters is 1. The first-order valence-electron chi connectivity index (χ1n) is 9.60. The SMILES string of the molecule is COC(=O)C(Cc1ccc(OCCNC(=O)OC(C)(C)C)cc1)Oc1cccnc1. The van der Waals surface area contributed by atoms with Crippen LogP contribution in [0, 0.1) is 0 Å². The molecule has 0 spiro atoms. The lowest BCUT2D eigenvalue weighted by atomic mass is 10.1. The molecule has 8 heteroatoms. The number of nitrogens with zero attached hydrogens (tertiary/aromatic N) is 1. The zero-order chi connectivity index (χ0) is 22.0. The molecule has 2 aromatic rings. The van der Waals surface area contributed by atoms with Gasteiger partial charge in [0.15, 0.2) is 6.10 Å². The molecule has 1 aromatic carbocycles. The van der Waals surface area contributed by atoms with Crippen LogP contribution < -0.4 is 14.8 Å². The molecule has 0 saturated carbocycles. The van der Waals surface area contributed by atoms with Gasteiger partial charge in [0, 0.05) is 12.6 Å². The molecule has 30 heavy (non-hydrogen) atoms. The highest BCUT2D eigenvalue weighted by Gasteiger charge is 2.22. The third-order valence-electron chi connectivity index (χ3n) is 3.76. The Kier molecular flexibility index (Phi) is 8.46. The van der Waals surface area contributed by atoms with Crippen molar-refractivity contribution in [1.82, 2.24) is 10.3 Å². The quantitative estimate of drug-likeness (QED) is 0.495. The van der Waals surface area contributed by atoms with Gasteiger partial charge in [-0.05, 0) is 50.6 Å². The highest BCUT2D eigenvalue weighted by atomic mass is 16.6. The molecule has 2 rings (SSSR count). The summed E-state index contributed by atoms with van der Waals surface area (Å²) in [6.07, 6.45) is 2.23. The van der Waals surface area contributed by atoms with Gasteiger partial charge in [0.2, 0.25) is 0 Å². The maximum atomic E-state index is 12.1. The van der Waals surface area contributed by atoms with Crippen molar-refractivity contribution >= 4 is 12.1 Å². The molecule has 1 atom stereocenters. The zero-order valence-electron chi connectivity index (χ0n) is 17.7. The zero-order valence-corrected chi connectivity index (χ0v) is 17.7. The lowest BCUT2D eigenvalue weighted by molar-refractivity contribution is -0.148. The van der Waals surface area contributed by atoms with E-state index in [2.05, 4.69) is 10.3 Å². The molecule has 0 aliphatic heterocycles. The molecule has 0 saturated heterocycles. The second-order valence-corrected chi connectivity index (χ2v) is 7.44. The molecule has 162 valence electrons. The van der Waals surface area contributed by atoms with Gasteiger partial charge in [0.05, 0.1) is 19.9 Å². The standard InChI is InChI=1S/C22H28N2O6/c1-22(2,3)30-21(26)24-12-13-28-17-9-7-16(8-10-17)14-19(20(25)27-4)29-18-6-5-11-23-15-18/h5-11,15,19H,12-14H2,1-4H3,(H,24,26). The third-order valence-corrected chi connectivity index (χ3v) is 3.76. The number of pyridine rings is 1. The Labute approximate surface area is 176 Å². The first-order chi connectivity index (χ1) is 14.3. The molecule has 0 fully saturated rings. The van der Waals surface area contributed by atoms with Gasteiger partial charge in [0.25, 0.3) is 0 Å². The van der Waals surface area contributed by atoms with Crippen molar-refractivity contribution in [2.75, 3.05) is 20.3 Å². The van der Waals surface area contributed by atoms with E-state index < -0.39 is 23.8 Å². The maximum absolute atomic E-state index is 12.1. The number of ether oxygens (including phenoxy) is 4. The van der Waals surface area contributed by atoms with Crippen molar-refractivity contribution in [2.45, 2.75) is 38.9 Å². The Balaban J connectivity index is 1.83. The number of alkyl carbamates (subject to hydrolysis) is 1. The van der Waals surface area contributed by atoms with Crippen molar-refractivity contribution < 1.29 is 28.5 Å². The molecule has 1 heterocycles. The number of hydrogen-bond donors (Lipinski definition) is 1. The first-order valence-corrected chi connectivity index (χ1v) is 9.60. The number of methoxy groups -OCH3 is 1. The van der Waals surface area contributed by atoms with Crippen LogP contribution in [0.5, 0.6) is 11.5 Å². The number of benzene rings is 1. The Bertz CT molecular complexity index is 803. The second kappa shape index (κ2) is 11.0. The van der Waals surface area contributed by atoms with E-state index in [1.54, 1.807) is 51.2 Å². The smallest absolute Gasteiger partial charge is 0.407 e. The van der Waals surface area contributed by atoms with Crippen LogP contribution in [0.15, 0.2) is 48.8 Å². The van der Waals surface area contributed by atoms with E-state index in [-0.39, 0.29) is 0 Å². The number of aromatic nitrogens is 1. The average Bonchev–Trinajstić information content (AvgIpc) is 2.71. The summed E-state index contributed by atoms with van der Waals surface area (Å²) in [5.41, 5.74) is 0.345. The van der Waals surface area contributed by atoms with Gasteiger partial charge < -0.3 is 24.3 Å². The van der Waals surface area contributed by atoms with Crippen molar-refractivity contribution in [3.05, 3.63) is 54.4 Å². The molecule has 1 amide bonds. The third kappa shape index (κ3) is 8.38. The van der Waals surface area contributed by atoms with Gasteiger partial charge in [-0.3, -0.25) is 4.98 Å². The number of hydrogen-bond acceptors (Lipinski definition) is 7. The van der Waals surface area contributed by atoms with Crippen molar-refractivity contribution in [2.24, 2.45) is 0 Å². The fourth-order valence-electron chi connectivity index (χ4n) is 2.46. The highest BCUT2D eigenvalue weighted by Crippen LogP contribution is 2.17. The largest absolute Gasteiger partial charge is 0.492 e. The minimum absolute atomic E-state index is 0.299. The molecule has 0 aliphatic carbocycles. The van der Waals surface area contributed by atoms with Crippen LogP contribution in [-0.4, -0.2) is 49.0 Å². The van der Waals surface area contributed by atoms with Crippen molar-refractivity contribution in [3.63, 3.8) is 0 Å². The molecule has 1 N–H and O–H groups in total. The minimum Gasteiger partial charge on any atom is -0.492 e. The fourth-order valence-corrected chi connectivity index (χ4v) is 2.46. The van der Waals surface area contributed by atoms with Crippen molar-refractivity contribution in [1.29, 1.82) is 0 Å². The van der Waals surface area contributed by atoms with Gasteiger partial charge in [-0.1, -0.05) is 12.1 Å². The summed E-state index contributed by atoms with van der Waals surface area (Å²) in [7, 11) is 1.32. The van der Waals surface area contributed by atoms with Crippen LogP contribution in [0.2, 0.25) is 0 Å². The molecule has 0 radical (unpaired) electrons. The monoisotopic (exact) mass is 416 g/mol. The lowest BCUT2D eigenvalue weighted by Gasteiger charge is -2.19. The van der Waals surface area contributed by atoms with E-state index in [0.717, 1.165) is 5.56 Å². The summed E-state index contributed by atoms with van der Waals surface area (Å²) in [5.74, 6) is 0.672. The summed E-state index contributed by atoms with van der Waals surface area (Å²) in [5, 5.41) is 2.63. The average molecular weight is 416 g/mol. The van der Waals surface area contributed by atoms with Gasteiger partial charge in [-0.15, -0.1) is 0 Å². The highest BCUT2D eigenvalue weighted by molar-refractivity contribution is 5.75. The Morgan fingerprint density at radius 3 is 2.43 bits per heavy atom. The topological polar surface area (TPSA) is 96.0 Å². The van der Waals surface area contributed by atoms with Crippen LogP contribution in [-0.2, 0) is 20.7 Å². The van der Waals surface area contributed by atoms with Gasteiger partial charge in [-0.25, -0.2) is 9.59 Å². The summed E-state index contributed by atoms with van der Waals surface area (Å²) < 4.78 is 21.3. The van der Waals surface area contributed by atoms with Crippen LogP contribution in [0.3, 0.4) is 0 Å². The van der Waals surface area contributed by atoms with E-state index in [0.29, 0.717) is 31.1 Å². The van der Waals surface area contributed by atoms with Crippen LogP contribution >= 0.6 is 0 Å². The van der Waals surface area contributed by atoms with Gasteiger partial charge in [0.1, 0.15) is 23.7 Å². The molecule has 1 aromatic heterocycles. The van der Waals surface area contributed by atoms with Crippen LogP contribution in [0.25, 0.3) is 0 Å². The molecule has 8 nitrogen and oxygen atoms in total. The van der Waals surface area contributed by atoms with E-state index in [9.17, 15) is 9.59 Å². The van der Waals surface area contributed by atoms with Crippen molar-refractivity contribution in [3.8, 4) is 11.5 Å². The van der Waals surface area contributed by atoms with Crippen LogP contribution in [0.1, 0.15) is 26.3 Å². The summed E-state index contributed by atoms with van der Waals surface area (Å²) >= 11 is 0. The predicted molar refractivity (Wildman–Crippen MR) is 111 cm³/mol. The Morgan fingerprint density at radius 2 is 1.83 bits per heavy atom. The minimum atomic E-state index is -0.788. The number of rotatable bonds is 9. The number of carbonyl (C=O) groups is 2. The number of nitrogens with one attached hydrogen (secondary N) is 1. The fraction of sp³-hybridized carbons (Fsp3) is 0.409. The Morgan fingerprint density at radius 1 is 1.10 bits per heavy atom. The lowest BCUT2D eigenvalue weighted by Crippen LogP contribution is -2.34. The van der Waals surface area contributed by atoms with Gasteiger partial charge >= 0.3 is 12.1 Å². The molecule has 0 bridgehead atoms. The van der Waals surface area contributed by atoms with E-state index in [1.165, 1.54) is 13.3 Å². The molecular weight excluding hydrogens is 388 g/mol. The molecular formula is C22H28N2O6. The van der Waals surface area contributed by atoms with E-state index >= 15 is 0 Å².